The summed E-state index contributed by atoms with van der Waals surface area (Å²) in [6.07, 6.45) is 5.13. The molecule has 64 valence electrons. The second-order valence-electron chi connectivity index (χ2n) is 3.86. The van der Waals surface area contributed by atoms with Crippen molar-refractivity contribution in [2.75, 3.05) is 13.2 Å². The molecule has 11 heavy (non-hydrogen) atoms. The van der Waals surface area contributed by atoms with E-state index in [4.69, 9.17) is 10.5 Å². The summed E-state index contributed by atoms with van der Waals surface area (Å²) in [7, 11) is 0. The van der Waals surface area contributed by atoms with Crippen LogP contribution in [-0.2, 0) is 4.74 Å². The lowest BCUT2D eigenvalue weighted by atomic mass is 9.89. The Morgan fingerprint density at radius 1 is 1.00 bits per heavy atom. The van der Waals surface area contributed by atoms with Crippen LogP contribution in [0.25, 0.3) is 0 Å². The molecule has 0 unspecified atom stereocenters. The Labute approximate surface area is 68.1 Å². The molecular formula is C9H17NO. The predicted octanol–water partition coefficient (Wildman–Crippen LogP) is 1.15. The standard InChI is InChI=1S/C9H17NO/c10-9(7-1-2-7)8-3-5-11-6-4-8/h7-9H,1-6,10H2/t9-/m0/s1. The summed E-state index contributed by atoms with van der Waals surface area (Å²) in [5.41, 5.74) is 6.10. The maximum Gasteiger partial charge on any atom is 0.0469 e. The fourth-order valence-corrected chi connectivity index (χ4v) is 1.97. The van der Waals surface area contributed by atoms with Crippen molar-refractivity contribution >= 4 is 0 Å². The molecule has 2 nitrogen and oxygen atoms in total. The molecule has 0 radical (unpaired) electrons. The first-order chi connectivity index (χ1) is 5.38. The van der Waals surface area contributed by atoms with Crippen molar-refractivity contribution in [1.29, 1.82) is 0 Å². The van der Waals surface area contributed by atoms with Gasteiger partial charge < -0.3 is 10.5 Å². The van der Waals surface area contributed by atoms with Crippen molar-refractivity contribution in [2.45, 2.75) is 31.7 Å². The van der Waals surface area contributed by atoms with Crippen LogP contribution in [0.3, 0.4) is 0 Å². The van der Waals surface area contributed by atoms with Crippen molar-refractivity contribution < 1.29 is 4.74 Å². The predicted molar refractivity (Wildman–Crippen MR) is 44.2 cm³/mol. The van der Waals surface area contributed by atoms with Gasteiger partial charge in [0.1, 0.15) is 0 Å². The van der Waals surface area contributed by atoms with E-state index in [9.17, 15) is 0 Å². The van der Waals surface area contributed by atoms with E-state index in [1.165, 1.54) is 25.7 Å². The fraction of sp³-hybridized carbons (Fsp3) is 1.00. The Balaban J connectivity index is 1.81. The van der Waals surface area contributed by atoms with Gasteiger partial charge in [-0.05, 0) is 37.5 Å². The van der Waals surface area contributed by atoms with Crippen LogP contribution in [-0.4, -0.2) is 19.3 Å². The summed E-state index contributed by atoms with van der Waals surface area (Å²) in [5.74, 6) is 1.62. The minimum Gasteiger partial charge on any atom is -0.381 e. The molecule has 0 spiro atoms. The van der Waals surface area contributed by atoms with E-state index in [0.29, 0.717) is 6.04 Å². The Kier molecular flexibility index (Phi) is 2.14. The SMILES string of the molecule is N[C@H](C1CCOCC1)C1CC1. The van der Waals surface area contributed by atoms with Gasteiger partial charge in [0.15, 0.2) is 0 Å². The zero-order chi connectivity index (χ0) is 7.68. The minimum atomic E-state index is 0.485. The van der Waals surface area contributed by atoms with Gasteiger partial charge in [0.25, 0.3) is 0 Å². The third-order valence-corrected chi connectivity index (χ3v) is 2.98. The van der Waals surface area contributed by atoms with Gasteiger partial charge >= 0.3 is 0 Å². The van der Waals surface area contributed by atoms with Crippen LogP contribution in [0.5, 0.6) is 0 Å². The van der Waals surface area contributed by atoms with E-state index in [1.54, 1.807) is 0 Å². The van der Waals surface area contributed by atoms with Crippen LogP contribution >= 0.6 is 0 Å². The molecule has 0 bridgehead atoms. The van der Waals surface area contributed by atoms with Gasteiger partial charge in [-0.25, -0.2) is 0 Å². The van der Waals surface area contributed by atoms with E-state index in [2.05, 4.69) is 0 Å². The Hall–Kier alpha value is -0.0800. The summed E-state index contributed by atoms with van der Waals surface area (Å²) in [6.45, 7) is 1.87. The van der Waals surface area contributed by atoms with Crippen molar-refractivity contribution in [3.63, 3.8) is 0 Å². The molecule has 1 heterocycles. The highest BCUT2D eigenvalue weighted by atomic mass is 16.5. The highest BCUT2D eigenvalue weighted by Gasteiger charge is 2.34. The summed E-state index contributed by atoms with van der Waals surface area (Å²) in [5, 5.41) is 0. The van der Waals surface area contributed by atoms with Crippen molar-refractivity contribution in [3.05, 3.63) is 0 Å². The first-order valence-electron chi connectivity index (χ1n) is 4.71. The maximum atomic E-state index is 6.10. The van der Waals surface area contributed by atoms with Crippen LogP contribution in [0.15, 0.2) is 0 Å². The second kappa shape index (κ2) is 3.11. The Bertz CT molecular complexity index is 128. The topological polar surface area (TPSA) is 35.2 Å². The number of ether oxygens (including phenoxy) is 1. The summed E-state index contributed by atoms with van der Waals surface area (Å²) in [4.78, 5) is 0. The summed E-state index contributed by atoms with van der Waals surface area (Å²) in [6, 6.07) is 0.485. The van der Waals surface area contributed by atoms with E-state index < -0.39 is 0 Å². The van der Waals surface area contributed by atoms with E-state index >= 15 is 0 Å². The van der Waals surface area contributed by atoms with Crippen molar-refractivity contribution in [2.24, 2.45) is 17.6 Å². The largest absolute Gasteiger partial charge is 0.381 e. The van der Waals surface area contributed by atoms with Gasteiger partial charge in [0, 0.05) is 19.3 Å². The fourth-order valence-electron chi connectivity index (χ4n) is 1.97. The van der Waals surface area contributed by atoms with E-state index in [0.717, 1.165) is 25.0 Å². The zero-order valence-corrected chi connectivity index (χ0v) is 6.96. The zero-order valence-electron chi connectivity index (χ0n) is 6.96. The van der Waals surface area contributed by atoms with Crippen molar-refractivity contribution in [3.8, 4) is 0 Å². The Morgan fingerprint density at radius 3 is 2.09 bits per heavy atom. The molecule has 1 saturated carbocycles. The molecule has 1 atom stereocenters. The highest BCUT2D eigenvalue weighted by molar-refractivity contribution is 4.89. The maximum absolute atomic E-state index is 6.10. The highest BCUT2D eigenvalue weighted by Crippen LogP contribution is 2.37. The van der Waals surface area contributed by atoms with Crippen LogP contribution in [0, 0.1) is 11.8 Å². The molecule has 1 saturated heterocycles. The molecule has 2 aliphatic rings. The number of hydrogen-bond donors (Lipinski definition) is 1. The lowest BCUT2D eigenvalue weighted by molar-refractivity contribution is 0.0560. The second-order valence-corrected chi connectivity index (χ2v) is 3.86. The lowest BCUT2D eigenvalue weighted by Gasteiger charge is -2.27. The first-order valence-corrected chi connectivity index (χ1v) is 4.71. The first kappa shape index (κ1) is 7.56. The van der Waals surface area contributed by atoms with Crippen LogP contribution in [0.2, 0.25) is 0 Å². The molecule has 0 aromatic carbocycles. The van der Waals surface area contributed by atoms with Crippen LogP contribution in [0.4, 0.5) is 0 Å². The van der Waals surface area contributed by atoms with Gasteiger partial charge in [-0.3, -0.25) is 0 Å². The van der Waals surface area contributed by atoms with Crippen LogP contribution < -0.4 is 5.73 Å². The molecule has 2 rings (SSSR count). The molecule has 2 fully saturated rings. The molecule has 0 aromatic heterocycles. The third kappa shape index (κ3) is 1.74. The molecule has 1 aliphatic carbocycles. The molecule has 0 aromatic rings. The quantitative estimate of drug-likeness (QED) is 0.649. The van der Waals surface area contributed by atoms with E-state index in [1.807, 2.05) is 0 Å². The molecule has 1 aliphatic heterocycles. The average molecular weight is 155 g/mol. The minimum absolute atomic E-state index is 0.485. The summed E-state index contributed by atoms with van der Waals surface area (Å²) >= 11 is 0. The summed E-state index contributed by atoms with van der Waals surface area (Å²) < 4.78 is 5.29. The van der Waals surface area contributed by atoms with Gasteiger partial charge in [0.05, 0.1) is 0 Å². The number of nitrogens with two attached hydrogens (primary N) is 1. The average Bonchev–Trinajstić information content (AvgIpc) is 2.87. The monoisotopic (exact) mass is 155 g/mol. The molecular weight excluding hydrogens is 138 g/mol. The number of hydrogen-bond acceptors (Lipinski definition) is 2. The molecule has 2 N–H and O–H groups in total. The van der Waals surface area contributed by atoms with Gasteiger partial charge in [-0.1, -0.05) is 0 Å². The third-order valence-electron chi connectivity index (χ3n) is 2.98. The van der Waals surface area contributed by atoms with Crippen molar-refractivity contribution in [1.82, 2.24) is 0 Å². The van der Waals surface area contributed by atoms with Gasteiger partial charge in [-0.2, -0.15) is 0 Å². The number of rotatable bonds is 2. The smallest absolute Gasteiger partial charge is 0.0469 e. The lowest BCUT2D eigenvalue weighted by Crippen LogP contribution is -2.35. The molecule has 0 amide bonds. The van der Waals surface area contributed by atoms with E-state index in [-0.39, 0.29) is 0 Å². The van der Waals surface area contributed by atoms with Crippen LogP contribution in [0.1, 0.15) is 25.7 Å². The van der Waals surface area contributed by atoms with Gasteiger partial charge in [0.2, 0.25) is 0 Å². The Morgan fingerprint density at radius 2 is 1.55 bits per heavy atom. The molecule has 2 heteroatoms. The van der Waals surface area contributed by atoms with Gasteiger partial charge in [-0.15, -0.1) is 0 Å². The normalized spacial score (nSPS) is 30.3.